The first-order valence-electron chi connectivity index (χ1n) is 12.5. The molecule has 2 aromatic heterocycles. The Labute approximate surface area is 212 Å². The first-order chi connectivity index (χ1) is 16.5. The van der Waals surface area contributed by atoms with Crippen molar-refractivity contribution in [3.05, 3.63) is 39.8 Å². The van der Waals surface area contributed by atoms with Crippen LogP contribution in [0.5, 0.6) is 0 Å². The van der Waals surface area contributed by atoms with Gasteiger partial charge in [-0.3, -0.25) is 19.2 Å². The molecule has 0 unspecified atom stereocenters. The first-order valence-corrected chi connectivity index (χ1v) is 12.5. The van der Waals surface area contributed by atoms with Crippen LogP contribution in [0, 0.1) is 6.92 Å². The number of aromatic amines is 1. The number of ether oxygens (including phenoxy) is 1. The Kier molecular flexibility index (Phi) is 7.83. The summed E-state index contributed by atoms with van der Waals surface area (Å²) in [5.74, 6) is 0.0688. The molecule has 1 aromatic carbocycles. The second kappa shape index (κ2) is 10.7. The molecule has 2 aliphatic rings. The average molecular weight is 502 g/mol. The van der Waals surface area contributed by atoms with Crippen LogP contribution in [-0.4, -0.2) is 76.4 Å². The van der Waals surface area contributed by atoms with Crippen molar-refractivity contribution < 1.29 is 9.53 Å². The van der Waals surface area contributed by atoms with Crippen molar-refractivity contribution in [3.8, 4) is 0 Å². The molecule has 1 N–H and O–H groups in total. The second-order valence-corrected chi connectivity index (χ2v) is 9.94. The fourth-order valence-electron chi connectivity index (χ4n) is 5.38. The number of aryl methyl sites for hydroxylation is 1. The summed E-state index contributed by atoms with van der Waals surface area (Å²) in [6.07, 6.45) is 7.19. The van der Waals surface area contributed by atoms with Gasteiger partial charge in [0.1, 0.15) is 0 Å². The number of aromatic nitrogens is 3. The van der Waals surface area contributed by atoms with Gasteiger partial charge in [-0.15, -0.1) is 12.4 Å². The number of unbranched alkanes of at least 4 members (excludes halogenated alkanes) is 1. The van der Waals surface area contributed by atoms with E-state index in [1.165, 1.54) is 6.42 Å². The van der Waals surface area contributed by atoms with E-state index < -0.39 is 0 Å². The summed E-state index contributed by atoms with van der Waals surface area (Å²) in [5, 5.41) is 6.05. The third kappa shape index (κ3) is 4.84. The minimum absolute atomic E-state index is 0. The Morgan fingerprint density at radius 3 is 2.69 bits per heavy atom. The van der Waals surface area contributed by atoms with E-state index in [1.807, 2.05) is 28.6 Å². The third-order valence-electron chi connectivity index (χ3n) is 7.65. The number of benzene rings is 1. The van der Waals surface area contributed by atoms with E-state index in [9.17, 15) is 9.59 Å². The molecule has 8 nitrogen and oxygen atoms in total. The number of nitrogens with zero attached hydrogens (tertiary/aromatic N) is 4. The van der Waals surface area contributed by atoms with Gasteiger partial charge in [0, 0.05) is 50.3 Å². The number of hydrogen-bond donors (Lipinski definition) is 1. The topological polar surface area (TPSA) is 83.5 Å². The highest BCUT2D eigenvalue weighted by Gasteiger charge is 2.29. The quantitative estimate of drug-likeness (QED) is 0.496. The van der Waals surface area contributed by atoms with Crippen molar-refractivity contribution in [3.63, 3.8) is 0 Å². The molecule has 2 fully saturated rings. The van der Waals surface area contributed by atoms with Gasteiger partial charge < -0.3 is 14.6 Å². The van der Waals surface area contributed by atoms with Crippen LogP contribution in [0.2, 0.25) is 0 Å². The van der Waals surface area contributed by atoms with Gasteiger partial charge in [0.2, 0.25) is 0 Å². The van der Waals surface area contributed by atoms with Crippen molar-refractivity contribution in [1.29, 1.82) is 0 Å². The maximum Gasteiger partial charge on any atom is 0.259 e. The largest absolute Gasteiger partial charge is 0.385 e. The van der Waals surface area contributed by atoms with Gasteiger partial charge in [0.15, 0.2) is 0 Å². The lowest BCUT2D eigenvalue weighted by molar-refractivity contribution is 0.0505. The summed E-state index contributed by atoms with van der Waals surface area (Å²) in [7, 11) is 1.74. The monoisotopic (exact) mass is 501 g/mol. The molecule has 0 spiro atoms. The zero-order chi connectivity index (χ0) is 23.8. The summed E-state index contributed by atoms with van der Waals surface area (Å²) < 4.78 is 7.16. The molecule has 0 bridgehead atoms. The van der Waals surface area contributed by atoms with E-state index in [2.05, 4.69) is 21.9 Å². The predicted octanol–water partition coefficient (Wildman–Crippen LogP) is 3.91. The van der Waals surface area contributed by atoms with Crippen molar-refractivity contribution in [1.82, 2.24) is 24.6 Å². The van der Waals surface area contributed by atoms with E-state index in [-0.39, 0.29) is 23.9 Å². The highest BCUT2D eigenvalue weighted by molar-refractivity contribution is 6.07. The number of pyridine rings is 1. The molecule has 3 aromatic rings. The Balaban J connectivity index is 0.00000289. The van der Waals surface area contributed by atoms with Gasteiger partial charge in [0.25, 0.3) is 11.5 Å². The van der Waals surface area contributed by atoms with E-state index in [1.54, 1.807) is 13.3 Å². The van der Waals surface area contributed by atoms with Gasteiger partial charge in [-0.05, 0) is 70.2 Å². The van der Waals surface area contributed by atoms with Crippen molar-refractivity contribution in [2.24, 2.45) is 0 Å². The Hall–Kier alpha value is -2.42. The number of rotatable bonds is 7. The summed E-state index contributed by atoms with van der Waals surface area (Å²) in [6, 6.07) is 4.57. The maximum atomic E-state index is 13.6. The fraction of sp³-hybridized carbons (Fsp3) is 0.577. The molecule has 3 heterocycles. The van der Waals surface area contributed by atoms with Crippen molar-refractivity contribution in [2.75, 3.05) is 39.9 Å². The van der Waals surface area contributed by atoms with Crippen molar-refractivity contribution in [2.45, 2.75) is 58.0 Å². The standard InChI is InChI=1S/C26H35N5O3.ClH/c1-17-13-23-21(24-22(25(32)28-23)15-27-31(24)19-7-6-8-19)14-20(17)26(33)30-11-10-29(18(2)16-30)9-4-5-12-34-3;/h13-15,18-19H,4-12,16H2,1-3H3,(H,28,32);1H/t18-;/m1./s1. The number of halogens is 1. The molecule has 35 heavy (non-hydrogen) atoms. The molecule has 1 atom stereocenters. The molecule has 5 rings (SSSR count). The first kappa shape index (κ1) is 25.7. The predicted molar refractivity (Wildman–Crippen MR) is 141 cm³/mol. The Morgan fingerprint density at radius 2 is 2.00 bits per heavy atom. The molecule has 0 radical (unpaired) electrons. The third-order valence-corrected chi connectivity index (χ3v) is 7.65. The number of methoxy groups -OCH3 is 1. The van der Waals surface area contributed by atoms with Crippen molar-refractivity contribution >= 4 is 40.1 Å². The van der Waals surface area contributed by atoms with Crippen LogP contribution in [0.3, 0.4) is 0 Å². The number of nitrogens with one attached hydrogen (secondary N) is 1. The van der Waals surface area contributed by atoms with Crippen LogP contribution in [0.15, 0.2) is 23.1 Å². The molecule has 190 valence electrons. The van der Waals surface area contributed by atoms with E-state index in [0.717, 1.165) is 80.5 Å². The molecule has 1 saturated heterocycles. The number of carbonyl (C=O) groups excluding carboxylic acids is 1. The number of amides is 1. The van der Waals surface area contributed by atoms with Gasteiger partial charge in [-0.2, -0.15) is 5.10 Å². The van der Waals surface area contributed by atoms with Crippen LogP contribution < -0.4 is 5.56 Å². The molecule has 1 aliphatic carbocycles. The lowest BCUT2D eigenvalue weighted by atomic mass is 9.93. The van der Waals surface area contributed by atoms with Crippen LogP contribution in [0.1, 0.15) is 61.0 Å². The Bertz CT molecular complexity index is 1270. The average Bonchev–Trinajstić information content (AvgIpc) is 3.21. The van der Waals surface area contributed by atoms with Gasteiger partial charge in [-0.1, -0.05) is 0 Å². The minimum Gasteiger partial charge on any atom is -0.385 e. The van der Waals surface area contributed by atoms with Crippen LogP contribution in [0.4, 0.5) is 0 Å². The molecular formula is C26H36ClN5O3. The summed E-state index contributed by atoms with van der Waals surface area (Å²) >= 11 is 0. The zero-order valence-electron chi connectivity index (χ0n) is 20.9. The number of fused-ring (bicyclic) bond motifs is 3. The van der Waals surface area contributed by atoms with Crippen LogP contribution in [-0.2, 0) is 4.74 Å². The van der Waals surface area contributed by atoms with E-state index >= 15 is 0 Å². The smallest absolute Gasteiger partial charge is 0.259 e. The highest BCUT2D eigenvalue weighted by atomic mass is 35.5. The lowest BCUT2D eigenvalue weighted by Gasteiger charge is -2.40. The number of hydrogen-bond acceptors (Lipinski definition) is 5. The summed E-state index contributed by atoms with van der Waals surface area (Å²) in [5.41, 5.74) is 3.09. The molecule has 1 aliphatic heterocycles. The molecule has 1 saturated carbocycles. The highest BCUT2D eigenvalue weighted by Crippen LogP contribution is 2.35. The molecular weight excluding hydrogens is 466 g/mol. The fourth-order valence-corrected chi connectivity index (χ4v) is 5.38. The second-order valence-electron chi connectivity index (χ2n) is 9.94. The number of carbonyl (C=O) groups is 1. The molecule has 1 amide bonds. The van der Waals surface area contributed by atoms with Gasteiger partial charge >= 0.3 is 0 Å². The maximum absolute atomic E-state index is 13.6. The SMILES string of the molecule is COCCCCN1CCN(C(=O)c2cc3c(cc2C)[nH]c(=O)c2cnn(C4CCC4)c23)C[C@H]1C.Cl. The van der Waals surface area contributed by atoms with Crippen LogP contribution >= 0.6 is 12.4 Å². The summed E-state index contributed by atoms with van der Waals surface area (Å²) in [4.78, 5) is 33.8. The number of piperazine rings is 1. The summed E-state index contributed by atoms with van der Waals surface area (Å²) in [6.45, 7) is 8.33. The minimum atomic E-state index is -0.123. The van der Waals surface area contributed by atoms with Gasteiger partial charge in [-0.25, -0.2) is 0 Å². The number of H-pyrrole nitrogens is 1. The van der Waals surface area contributed by atoms with E-state index in [0.29, 0.717) is 23.0 Å². The lowest BCUT2D eigenvalue weighted by Crippen LogP contribution is -2.53. The van der Waals surface area contributed by atoms with Gasteiger partial charge in [0.05, 0.1) is 28.7 Å². The Morgan fingerprint density at radius 1 is 1.20 bits per heavy atom. The van der Waals surface area contributed by atoms with E-state index in [4.69, 9.17) is 4.74 Å². The van der Waals surface area contributed by atoms with Crippen LogP contribution in [0.25, 0.3) is 21.8 Å². The normalized spacial score (nSPS) is 19.2. The molecule has 9 heteroatoms. The zero-order valence-corrected chi connectivity index (χ0v) is 21.7.